The molecule has 5 nitrogen and oxygen atoms in total. The van der Waals surface area contributed by atoms with Gasteiger partial charge in [-0.3, -0.25) is 0 Å². The van der Waals surface area contributed by atoms with Crippen molar-refractivity contribution >= 4 is 21.8 Å². The van der Waals surface area contributed by atoms with Gasteiger partial charge < -0.3 is 9.88 Å². The molecule has 1 aromatic heterocycles. The lowest BCUT2D eigenvalue weighted by atomic mass is 10.3. The Morgan fingerprint density at radius 2 is 2.10 bits per heavy atom. The van der Waals surface area contributed by atoms with E-state index in [4.69, 9.17) is 0 Å². The minimum Gasteiger partial charge on any atom is -0.346 e. The number of nitrogens with zero attached hydrogens (tertiary/aromatic N) is 2. The number of nitrogens with one attached hydrogen (secondary N) is 1. The maximum Gasteiger partial charge on any atom is 0.244 e. The third-order valence-electron chi connectivity index (χ3n) is 3.14. The smallest absolute Gasteiger partial charge is 0.244 e. The van der Waals surface area contributed by atoms with E-state index >= 15 is 0 Å². The van der Waals surface area contributed by atoms with E-state index in [9.17, 15) is 8.42 Å². The van der Waals surface area contributed by atoms with Gasteiger partial charge in [0.05, 0.1) is 0 Å². The van der Waals surface area contributed by atoms with Crippen molar-refractivity contribution in [3.8, 4) is 0 Å². The molecule has 7 heteroatoms. The van der Waals surface area contributed by atoms with Gasteiger partial charge in [0.15, 0.2) is 0 Å². The second-order valence-corrected chi connectivity index (χ2v) is 8.05. The number of thioether (sulfide) groups is 1. The molecule has 1 aromatic rings. The molecule has 0 bridgehead atoms. The van der Waals surface area contributed by atoms with Crippen LogP contribution >= 0.6 is 11.8 Å². The zero-order chi connectivity index (χ0) is 15.3. The lowest BCUT2D eigenvalue weighted by Crippen LogP contribution is -2.28. The second-order valence-electron chi connectivity index (χ2n) is 5.02. The van der Waals surface area contributed by atoms with Crippen molar-refractivity contribution in [3.05, 3.63) is 18.0 Å². The number of hydrogen-bond donors (Lipinski definition) is 1. The molecule has 0 saturated carbocycles. The van der Waals surface area contributed by atoms with Gasteiger partial charge in [0, 0.05) is 43.8 Å². The fourth-order valence-electron chi connectivity index (χ4n) is 1.96. The van der Waals surface area contributed by atoms with Crippen LogP contribution in [0.25, 0.3) is 0 Å². The first kappa shape index (κ1) is 17.6. The summed E-state index contributed by atoms with van der Waals surface area (Å²) in [5.41, 5.74) is 0.986. The minimum absolute atomic E-state index is 0.235. The molecule has 116 valence electrons. The largest absolute Gasteiger partial charge is 0.346 e. The fourth-order valence-corrected chi connectivity index (χ4v) is 3.76. The maximum atomic E-state index is 12.5. The molecular formula is C13H25N3O2S2. The minimum atomic E-state index is -3.39. The Kier molecular flexibility index (Phi) is 6.57. The summed E-state index contributed by atoms with van der Waals surface area (Å²) < 4.78 is 28.5. The molecule has 1 N–H and O–H groups in total. The molecule has 0 atom stereocenters. The number of rotatable bonds is 8. The van der Waals surface area contributed by atoms with Gasteiger partial charge in [0.2, 0.25) is 10.0 Å². The first-order chi connectivity index (χ1) is 9.34. The average Bonchev–Trinajstić information content (AvgIpc) is 2.81. The molecule has 0 fully saturated rings. The van der Waals surface area contributed by atoms with E-state index in [0.29, 0.717) is 18.0 Å². The van der Waals surface area contributed by atoms with Gasteiger partial charge in [-0.15, -0.1) is 0 Å². The summed E-state index contributed by atoms with van der Waals surface area (Å²) in [7, 11) is 0.0992. The Balaban J connectivity index is 3.09. The van der Waals surface area contributed by atoms with E-state index in [0.717, 1.165) is 11.4 Å². The van der Waals surface area contributed by atoms with Crippen LogP contribution in [-0.4, -0.2) is 49.9 Å². The van der Waals surface area contributed by atoms with Crippen LogP contribution in [0.3, 0.4) is 0 Å². The molecule has 0 amide bonds. The summed E-state index contributed by atoms with van der Waals surface area (Å²) >= 11 is 1.64. The Labute approximate surface area is 126 Å². The third-order valence-corrected chi connectivity index (χ3v) is 5.55. The SMILES string of the molecule is CNCc1cc(S(=O)(=O)N(C)CCSC)cn1C(C)C. The number of aromatic nitrogens is 1. The van der Waals surface area contributed by atoms with Crippen LogP contribution in [0.15, 0.2) is 17.2 Å². The molecule has 0 saturated heterocycles. The fraction of sp³-hybridized carbons (Fsp3) is 0.692. The van der Waals surface area contributed by atoms with Crippen molar-refractivity contribution < 1.29 is 8.42 Å². The molecule has 1 heterocycles. The topological polar surface area (TPSA) is 54.3 Å². The summed E-state index contributed by atoms with van der Waals surface area (Å²) in [5, 5.41) is 3.07. The molecular weight excluding hydrogens is 294 g/mol. The number of hydrogen-bond acceptors (Lipinski definition) is 4. The van der Waals surface area contributed by atoms with Crippen LogP contribution in [0.2, 0.25) is 0 Å². The quantitative estimate of drug-likeness (QED) is 0.793. The van der Waals surface area contributed by atoms with Crippen LogP contribution in [0.1, 0.15) is 25.6 Å². The van der Waals surface area contributed by atoms with Gasteiger partial charge >= 0.3 is 0 Å². The van der Waals surface area contributed by atoms with Gasteiger partial charge in [-0.1, -0.05) is 0 Å². The molecule has 0 aliphatic rings. The predicted octanol–water partition coefficient (Wildman–Crippen LogP) is 1.77. The molecule has 1 rings (SSSR count). The van der Waals surface area contributed by atoms with Gasteiger partial charge in [-0.05, 0) is 33.2 Å². The zero-order valence-corrected chi connectivity index (χ0v) is 14.5. The van der Waals surface area contributed by atoms with Crippen LogP contribution in [-0.2, 0) is 16.6 Å². The van der Waals surface area contributed by atoms with Crippen LogP contribution in [0, 0.1) is 0 Å². The lowest BCUT2D eigenvalue weighted by molar-refractivity contribution is 0.488. The van der Waals surface area contributed by atoms with Gasteiger partial charge in [-0.2, -0.15) is 11.8 Å². The molecule has 0 unspecified atom stereocenters. The van der Waals surface area contributed by atoms with Crippen LogP contribution in [0.4, 0.5) is 0 Å². The normalized spacial score (nSPS) is 12.6. The predicted molar refractivity (Wildman–Crippen MR) is 85.8 cm³/mol. The molecule has 0 radical (unpaired) electrons. The van der Waals surface area contributed by atoms with E-state index in [1.54, 1.807) is 31.1 Å². The number of sulfonamides is 1. The second kappa shape index (κ2) is 7.49. The first-order valence-electron chi connectivity index (χ1n) is 6.65. The molecule has 0 aromatic carbocycles. The highest BCUT2D eigenvalue weighted by atomic mass is 32.2. The summed E-state index contributed by atoms with van der Waals surface area (Å²) in [6, 6.07) is 2.00. The van der Waals surface area contributed by atoms with Crippen molar-refractivity contribution in [1.82, 2.24) is 14.2 Å². The van der Waals surface area contributed by atoms with Crippen molar-refractivity contribution in [3.63, 3.8) is 0 Å². The Hall–Kier alpha value is -0.500. The Morgan fingerprint density at radius 3 is 2.60 bits per heavy atom. The molecule has 0 spiro atoms. The zero-order valence-electron chi connectivity index (χ0n) is 12.9. The molecule has 20 heavy (non-hydrogen) atoms. The van der Waals surface area contributed by atoms with E-state index in [1.807, 2.05) is 31.7 Å². The summed E-state index contributed by atoms with van der Waals surface area (Å²) in [6.45, 7) is 5.28. The van der Waals surface area contributed by atoms with E-state index in [1.165, 1.54) is 4.31 Å². The highest BCUT2D eigenvalue weighted by molar-refractivity contribution is 7.98. The van der Waals surface area contributed by atoms with Crippen LogP contribution in [0.5, 0.6) is 0 Å². The average molecular weight is 319 g/mol. The van der Waals surface area contributed by atoms with E-state index in [-0.39, 0.29) is 6.04 Å². The maximum absolute atomic E-state index is 12.5. The van der Waals surface area contributed by atoms with Crippen molar-refractivity contribution in [2.45, 2.75) is 31.3 Å². The highest BCUT2D eigenvalue weighted by Gasteiger charge is 2.23. The third kappa shape index (κ3) is 4.00. The van der Waals surface area contributed by atoms with Crippen molar-refractivity contribution in [2.75, 3.05) is 32.6 Å². The molecule has 0 aliphatic heterocycles. The van der Waals surface area contributed by atoms with E-state index in [2.05, 4.69) is 5.32 Å². The summed E-state index contributed by atoms with van der Waals surface area (Å²) in [5.74, 6) is 0.796. The monoisotopic (exact) mass is 319 g/mol. The summed E-state index contributed by atoms with van der Waals surface area (Å²) in [4.78, 5) is 0.375. The Morgan fingerprint density at radius 1 is 1.45 bits per heavy atom. The standard InChI is InChI=1S/C13H25N3O2S2/c1-11(2)16-10-13(8-12(16)9-14-3)20(17,18)15(4)6-7-19-5/h8,10-11,14H,6-7,9H2,1-5H3. The van der Waals surface area contributed by atoms with Crippen molar-refractivity contribution in [1.29, 1.82) is 0 Å². The first-order valence-corrected chi connectivity index (χ1v) is 9.48. The van der Waals surface area contributed by atoms with Crippen LogP contribution < -0.4 is 5.32 Å². The van der Waals surface area contributed by atoms with Gasteiger partial charge in [0.1, 0.15) is 4.90 Å². The summed E-state index contributed by atoms with van der Waals surface area (Å²) in [6.07, 6.45) is 3.71. The Bertz CT molecular complexity index is 524. The molecule has 0 aliphatic carbocycles. The van der Waals surface area contributed by atoms with E-state index < -0.39 is 10.0 Å². The lowest BCUT2D eigenvalue weighted by Gasteiger charge is -2.15. The van der Waals surface area contributed by atoms with Crippen molar-refractivity contribution in [2.24, 2.45) is 0 Å². The highest BCUT2D eigenvalue weighted by Crippen LogP contribution is 2.21. The van der Waals surface area contributed by atoms with Gasteiger partial charge in [0.25, 0.3) is 0 Å². The van der Waals surface area contributed by atoms with Gasteiger partial charge in [-0.25, -0.2) is 12.7 Å².